The molecule has 1 atom stereocenters. The zero-order valence-electron chi connectivity index (χ0n) is 21.2. The van der Waals surface area contributed by atoms with E-state index in [9.17, 15) is 4.79 Å². The molecule has 0 spiro atoms. The Morgan fingerprint density at radius 1 is 0.838 bits per heavy atom. The molecular weight excluding hydrogens is 456 g/mol. The first kappa shape index (κ1) is 23.3. The number of carbonyl (C=O) groups is 1. The molecule has 2 N–H and O–H groups in total. The van der Waals surface area contributed by atoms with E-state index >= 15 is 0 Å². The molecule has 5 nitrogen and oxygen atoms in total. The third-order valence-corrected chi connectivity index (χ3v) is 7.81. The highest BCUT2D eigenvalue weighted by Crippen LogP contribution is 2.40. The molecule has 1 saturated carbocycles. The van der Waals surface area contributed by atoms with E-state index in [1.807, 2.05) is 48.5 Å². The Morgan fingerprint density at radius 2 is 1.54 bits per heavy atom. The maximum absolute atomic E-state index is 14.5. The van der Waals surface area contributed by atoms with Crippen LogP contribution >= 0.6 is 0 Å². The molecule has 4 aromatic rings. The maximum Gasteiger partial charge on any atom is 0.350 e. The number of nitrogen functional groups attached to an aromatic ring is 1. The summed E-state index contributed by atoms with van der Waals surface area (Å²) in [5.41, 5.74) is 11.5. The van der Waals surface area contributed by atoms with Gasteiger partial charge in [0.05, 0.1) is 23.1 Å². The lowest BCUT2D eigenvalue weighted by atomic mass is 9.83. The second kappa shape index (κ2) is 9.74. The number of nitrogens with two attached hydrogens (primary N) is 1. The van der Waals surface area contributed by atoms with Crippen molar-refractivity contribution in [3.05, 3.63) is 102 Å². The zero-order valence-corrected chi connectivity index (χ0v) is 21.2. The Hall–Kier alpha value is -4.12. The van der Waals surface area contributed by atoms with Gasteiger partial charge in [-0.1, -0.05) is 79.9 Å². The largest absolute Gasteiger partial charge is 0.399 e. The van der Waals surface area contributed by atoms with Gasteiger partial charge in [-0.15, -0.1) is 0 Å². The van der Waals surface area contributed by atoms with Crippen molar-refractivity contribution in [2.24, 2.45) is 11.0 Å². The van der Waals surface area contributed by atoms with Gasteiger partial charge in [0, 0.05) is 17.2 Å². The fraction of sp³-hybridized carbons (Fsp3) is 0.250. The second-order valence-corrected chi connectivity index (χ2v) is 10.1. The lowest BCUT2D eigenvalue weighted by Gasteiger charge is -2.31. The van der Waals surface area contributed by atoms with Crippen molar-refractivity contribution in [1.29, 1.82) is 0 Å². The number of carbonyl (C=O) groups excluding carboxylic acids is 1. The van der Waals surface area contributed by atoms with Crippen molar-refractivity contribution in [3.63, 3.8) is 0 Å². The van der Waals surface area contributed by atoms with Crippen molar-refractivity contribution in [2.45, 2.75) is 45.1 Å². The van der Waals surface area contributed by atoms with E-state index in [-0.39, 0.29) is 12.1 Å². The molecule has 186 valence electrons. The molecule has 1 aliphatic carbocycles. The number of urea groups is 1. The summed E-state index contributed by atoms with van der Waals surface area (Å²) in [7, 11) is 0. The molecule has 0 radical (unpaired) electrons. The van der Waals surface area contributed by atoms with Gasteiger partial charge in [0.2, 0.25) is 0 Å². The summed E-state index contributed by atoms with van der Waals surface area (Å²) in [4.78, 5) is 16.3. The van der Waals surface area contributed by atoms with E-state index in [2.05, 4.69) is 49.4 Å². The Bertz CT molecular complexity index is 1460. The van der Waals surface area contributed by atoms with Crippen LogP contribution in [0.3, 0.4) is 0 Å². The molecule has 0 bridgehead atoms. The summed E-state index contributed by atoms with van der Waals surface area (Å²) in [5.74, 6) is 0.330. The number of anilines is 3. The average Bonchev–Trinajstić information content (AvgIpc) is 3.07. The summed E-state index contributed by atoms with van der Waals surface area (Å²) in [5, 5.41) is 9.24. The van der Waals surface area contributed by atoms with Crippen LogP contribution in [0.1, 0.15) is 56.2 Å². The predicted octanol–water partition coefficient (Wildman–Crippen LogP) is 8.04. The first-order chi connectivity index (χ1) is 18.1. The standard InChI is InChI=1S/C32H32N4O/c1-22(27-16-9-13-23-10-5-6-14-28(23)27)36-32(37)35(26-20-18-25(33)19-21-26)30-17-8-7-15-29(30)31(34-36)24-11-3-2-4-12-24/h5-10,13-22,24H,2-4,11-12,33H2,1H3. The number of hydrazone groups is 1. The van der Waals surface area contributed by atoms with Crippen LogP contribution < -0.4 is 10.6 Å². The van der Waals surface area contributed by atoms with Crippen LogP contribution in [0.25, 0.3) is 10.8 Å². The number of para-hydroxylation sites is 1. The molecule has 1 heterocycles. The molecule has 4 aromatic carbocycles. The zero-order chi connectivity index (χ0) is 25.4. The van der Waals surface area contributed by atoms with Crippen LogP contribution in [0.5, 0.6) is 0 Å². The van der Waals surface area contributed by atoms with E-state index in [4.69, 9.17) is 10.8 Å². The van der Waals surface area contributed by atoms with E-state index in [0.29, 0.717) is 11.6 Å². The molecule has 0 aromatic heterocycles. The van der Waals surface area contributed by atoms with Crippen LogP contribution in [-0.2, 0) is 0 Å². The molecule has 1 unspecified atom stereocenters. The van der Waals surface area contributed by atoms with Gasteiger partial charge in [-0.05, 0) is 66.4 Å². The number of rotatable bonds is 4. The SMILES string of the molecule is CC(c1cccc2ccccc12)N1N=C(C2CCCCC2)c2ccccc2N(c2ccc(N)cc2)C1=O. The highest BCUT2D eigenvalue weighted by molar-refractivity contribution is 6.14. The van der Waals surface area contributed by atoms with E-state index < -0.39 is 0 Å². The average molecular weight is 489 g/mol. The fourth-order valence-corrected chi connectivity index (χ4v) is 5.85. The number of amides is 2. The summed E-state index contributed by atoms with van der Waals surface area (Å²) in [6.45, 7) is 2.08. The van der Waals surface area contributed by atoms with Gasteiger partial charge in [-0.25, -0.2) is 9.80 Å². The molecule has 2 aliphatic rings. The Balaban J connectivity index is 1.55. The van der Waals surface area contributed by atoms with Gasteiger partial charge >= 0.3 is 6.03 Å². The minimum atomic E-state index is -0.261. The molecule has 1 fully saturated rings. The normalized spacial score (nSPS) is 17.3. The van der Waals surface area contributed by atoms with Crippen LogP contribution in [0.15, 0.2) is 96.1 Å². The first-order valence-electron chi connectivity index (χ1n) is 13.3. The Labute approximate surface area is 218 Å². The minimum Gasteiger partial charge on any atom is -0.399 e. The van der Waals surface area contributed by atoms with Gasteiger partial charge in [0.15, 0.2) is 0 Å². The third kappa shape index (κ3) is 4.25. The van der Waals surface area contributed by atoms with Gasteiger partial charge in [0.25, 0.3) is 0 Å². The fourth-order valence-electron chi connectivity index (χ4n) is 5.85. The smallest absolute Gasteiger partial charge is 0.350 e. The van der Waals surface area contributed by atoms with Crippen molar-refractivity contribution in [1.82, 2.24) is 5.01 Å². The van der Waals surface area contributed by atoms with Gasteiger partial charge < -0.3 is 5.73 Å². The minimum absolute atomic E-state index is 0.163. The number of benzene rings is 4. The van der Waals surface area contributed by atoms with Crippen molar-refractivity contribution in [2.75, 3.05) is 10.6 Å². The van der Waals surface area contributed by atoms with Crippen molar-refractivity contribution < 1.29 is 4.79 Å². The molecule has 37 heavy (non-hydrogen) atoms. The Kier molecular flexibility index (Phi) is 6.13. The van der Waals surface area contributed by atoms with Crippen LogP contribution in [-0.4, -0.2) is 16.8 Å². The van der Waals surface area contributed by atoms with Crippen LogP contribution in [0.4, 0.5) is 21.9 Å². The van der Waals surface area contributed by atoms with Gasteiger partial charge in [0.1, 0.15) is 0 Å². The van der Waals surface area contributed by atoms with E-state index in [0.717, 1.165) is 51.8 Å². The topological polar surface area (TPSA) is 61.9 Å². The quantitative estimate of drug-likeness (QED) is 0.295. The van der Waals surface area contributed by atoms with Crippen molar-refractivity contribution >= 4 is 39.6 Å². The maximum atomic E-state index is 14.5. The number of hydrogen-bond acceptors (Lipinski definition) is 3. The number of hydrogen-bond donors (Lipinski definition) is 1. The highest BCUT2D eigenvalue weighted by atomic mass is 16.2. The molecule has 6 rings (SSSR count). The van der Waals surface area contributed by atoms with Crippen molar-refractivity contribution in [3.8, 4) is 0 Å². The van der Waals surface area contributed by atoms with Gasteiger partial charge in [-0.3, -0.25) is 4.90 Å². The summed E-state index contributed by atoms with van der Waals surface area (Å²) < 4.78 is 0. The number of fused-ring (bicyclic) bond motifs is 2. The second-order valence-electron chi connectivity index (χ2n) is 10.1. The predicted molar refractivity (Wildman–Crippen MR) is 152 cm³/mol. The Morgan fingerprint density at radius 3 is 2.35 bits per heavy atom. The summed E-state index contributed by atoms with van der Waals surface area (Å²) in [6.07, 6.45) is 5.85. The molecule has 0 saturated heterocycles. The lowest BCUT2D eigenvalue weighted by Crippen LogP contribution is -2.38. The number of nitrogens with zero attached hydrogens (tertiary/aromatic N) is 3. The summed E-state index contributed by atoms with van der Waals surface area (Å²) >= 11 is 0. The van der Waals surface area contributed by atoms with Crippen LogP contribution in [0, 0.1) is 5.92 Å². The first-order valence-corrected chi connectivity index (χ1v) is 13.3. The van der Waals surface area contributed by atoms with Crippen LogP contribution in [0.2, 0.25) is 0 Å². The van der Waals surface area contributed by atoms with Gasteiger partial charge in [-0.2, -0.15) is 5.10 Å². The monoisotopic (exact) mass is 488 g/mol. The van der Waals surface area contributed by atoms with E-state index in [1.54, 1.807) is 9.91 Å². The molecule has 5 heteroatoms. The molecule has 1 aliphatic heterocycles. The highest BCUT2D eigenvalue weighted by Gasteiger charge is 2.36. The van der Waals surface area contributed by atoms with E-state index in [1.165, 1.54) is 19.3 Å². The molecule has 2 amide bonds. The summed E-state index contributed by atoms with van der Waals surface area (Å²) in [6, 6.07) is 29.9. The third-order valence-electron chi connectivity index (χ3n) is 7.81. The molecular formula is C32H32N4O. The lowest BCUT2D eigenvalue weighted by molar-refractivity contribution is 0.192.